The second kappa shape index (κ2) is 6.27. The molecule has 0 saturated heterocycles. The zero-order valence-corrected chi connectivity index (χ0v) is 11.8. The van der Waals surface area contributed by atoms with E-state index in [1.165, 1.54) is 6.20 Å². The molecule has 0 aliphatic carbocycles. The van der Waals surface area contributed by atoms with Crippen LogP contribution >= 0.6 is 0 Å². The molecule has 8 nitrogen and oxygen atoms in total. The minimum atomic E-state index is -1.13. The molecule has 20 heavy (non-hydrogen) atoms. The van der Waals surface area contributed by atoms with Crippen LogP contribution in [0.4, 0.5) is 10.7 Å². The van der Waals surface area contributed by atoms with Crippen molar-refractivity contribution < 1.29 is 19.4 Å². The van der Waals surface area contributed by atoms with Crippen molar-refractivity contribution in [2.24, 2.45) is 0 Å². The van der Waals surface area contributed by atoms with Crippen LogP contribution in [0.15, 0.2) is 12.4 Å². The predicted molar refractivity (Wildman–Crippen MR) is 72.0 cm³/mol. The highest BCUT2D eigenvalue weighted by atomic mass is 16.6. The number of hydrogen-bond acceptors (Lipinski definition) is 5. The third kappa shape index (κ3) is 5.17. The van der Waals surface area contributed by atoms with Crippen molar-refractivity contribution in [2.45, 2.75) is 45.4 Å². The minimum absolute atomic E-state index is 0.176. The zero-order valence-electron chi connectivity index (χ0n) is 11.8. The van der Waals surface area contributed by atoms with Gasteiger partial charge in [0.25, 0.3) is 0 Å². The number of rotatable bonds is 5. The fourth-order valence-corrected chi connectivity index (χ4v) is 1.51. The largest absolute Gasteiger partial charge is 0.480 e. The number of carboxylic acid groups (broad SMARTS) is 1. The number of anilines is 1. The van der Waals surface area contributed by atoms with E-state index in [0.29, 0.717) is 12.5 Å². The van der Waals surface area contributed by atoms with Crippen molar-refractivity contribution in [3.63, 3.8) is 0 Å². The Morgan fingerprint density at radius 1 is 1.55 bits per heavy atom. The highest BCUT2D eigenvalue weighted by molar-refractivity contribution is 5.79. The summed E-state index contributed by atoms with van der Waals surface area (Å²) < 4.78 is 6.63. The van der Waals surface area contributed by atoms with E-state index in [4.69, 9.17) is 15.6 Å². The van der Waals surface area contributed by atoms with E-state index in [-0.39, 0.29) is 6.42 Å². The van der Waals surface area contributed by atoms with Gasteiger partial charge >= 0.3 is 12.1 Å². The molecule has 1 aromatic heterocycles. The number of carbonyl (C=O) groups excluding carboxylic acids is 1. The molecule has 1 amide bonds. The number of nitrogens with zero attached hydrogens (tertiary/aromatic N) is 2. The van der Waals surface area contributed by atoms with Gasteiger partial charge < -0.3 is 25.5 Å². The van der Waals surface area contributed by atoms with Crippen LogP contribution in [-0.4, -0.2) is 38.4 Å². The standard InChI is InChI=1S/C12H20N4O4/c1-12(2,3)20-11(19)15-8(9(17)18)4-6-16-7-5-14-10(16)13/h5,7-8H,4,6H2,1-3H3,(H2,13,14)(H,15,19)(H,17,18)/t8-/m0/s1. The van der Waals surface area contributed by atoms with E-state index < -0.39 is 23.7 Å². The summed E-state index contributed by atoms with van der Waals surface area (Å²) in [4.78, 5) is 26.5. The van der Waals surface area contributed by atoms with Crippen LogP contribution < -0.4 is 11.1 Å². The summed E-state index contributed by atoms with van der Waals surface area (Å²) in [5.74, 6) is -0.832. The molecule has 0 fully saturated rings. The van der Waals surface area contributed by atoms with Crippen molar-refractivity contribution in [2.75, 3.05) is 5.73 Å². The Balaban J connectivity index is 2.55. The van der Waals surface area contributed by atoms with Crippen LogP contribution in [-0.2, 0) is 16.1 Å². The maximum atomic E-state index is 11.6. The second-order valence-corrected chi connectivity index (χ2v) is 5.30. The van der Waals surface area contributed by atoms with E-state index in [1.807, 2.05) is 0 Å². The molecule has 0 aliphatic heterocycles. The average Bonchev–Trinajstić information content (AvgIpc) is 2.67. The van der Waals surface area contributed by atoms with Crippen LogP contribution in [0.3, 0.4) is 0 Å². The molecule has 0 spiro atoms. The molecule has 0 aromatic carbocycles. The van der Waals surface area contributed by atoms with Gasteiger partial charge in [-0.25, -0.2) is 14.6 Å². The normalized spacial score (nSPS) is 12.8. The van der Waals surface area contributed by atoms with Gasteiger partial charge in [-0.1, -0.05) is 0 Å². The molecular formula is C12H20N4O4. The van der Waals surface area contributed by atoms with Crippen LogP contribution in [0.1, 0.15) is 27.2 Å². The number of aliphatic carboxylic acids is 1. The van der Waals surface area contributed by atoms with Gasteiger partial charge in [0.05, 0.1) is 0 Å². The fraction of sp³-hybridized carbons (Fsp3) is 0.583. The quantitative estimate of drug-likeness (QED) is 0.736. The lowest BCUT2D eigenvalue weighted by atomic mass is 10.2. The molecule has 112 valence electrons. The number of nitrogens with one attached hydrogen (secondary N) is 1. The van der Waals surface area contributed by atoms with Gasteiger partial charge in [0, 0.05) is 18.9 Å². The molecule has 4 N–H and O–H groups in total. The summed E-state index contributed by atoms with van der Waals surface area (Å²) in [6, 6.07) is -1.05. The second-order valence-electron chi connectivity index (χ2n) is 5.30. The van der Waals surface area contributed by atoms with Gasteiger partial charge in [-0.15, -0.1) is 0 Å². The third-order valence-electron chi connectivity index (χ3n) is 2.40. The highest BCUT2D eigenvalue weighted by Crippen LogP contribution is 2.08. The van der Waals surface area contributed by atoms with Crippen molar-refractivity contribution in [3.8, 4) is 0 Å². The SMILES string of the molecule is CC(C)(C)OC(=O)N[C@@H](CCn1ccnc1N)C(=O)O. The van der Waals surface area contributed by atoms with Crippen molar-refractivity contribution in [1.82, 2.24) is 14.9 Å². The number of aromatic nitrogens is 2. The Hall–Kier alpha value is -2.25. The number of alkyl carbamates (subject to hydrolysis) is 1. The van der Waals surface area contributed by atoms with E-state index in [0.717, 1.165) is 0 Å². The molecule has 1 heterocycles. The van der Waals surface area contributed by atoms with E-state index >= 15 is 0 Å². The number of aryl methyl sites for hydroxylation is 1. The Morgan fingerprint density at radius 2 is 2.20 bits per heavy atom. The van der Waals surface area contributed by atoms with E-state index in [9.17, 15) is 9.59 Å². The fourth-order valence-electron chi connectivity index (χ4n) is 1.51. The number of carboxylic acids is 1. The lowest BCUT2D eigenvalue weighted by molar-refractivity contribution is -0.139. The number of amides is 1. The van der Waals surface area contributed by atoms with E-state index in [1.54, 1.807) is 31.5 Å². The molecule has 0 bridgehead atoms. The first kappa shape index (κ1) is 15.8. The maximum absolute atomic E-state index is 11.6. The molecular weight excluding hydrogens is 264 g/mol. The number of nitrogen functional groups attached to an aromatic ring is 1. The van der Waals surface area contributed by atoms with Gasteiger partial charge in [-0.3, -0.25) is 0 Å². The minimum Gasteiger partial charge on any atom is -0.480 e. The number of hydrogen-bond donors (Lipinski definition) is 3. The van der Waals surface area contributed by atoms with Crippen molar-refractivity contribution in [1.29, 1.82) is 0 Å². The van der Waals surface area contributed by atoms with Gasteiger partial charge in [0.1, 0.15) is 11.6 Å². The number of nitrogens with two attached hydrogens (primary N) is 1. The first-order chi connectivity index (χ1) is 9.19. The molecule has 0 aliphatic rings. The van der Waals surface area contributed by atoms with Crippen LogP contribution in [0.25, 0.3) is 0 Å². The average molecular weight is 284 g/mol. The lowest BCUT2D eigenvalue weighted by Crippen LogP contribution is -2.44. The number of imidazole rings is 1. The Morgan fingerprint density at radius 3 is 2.65 bits per heavy atom. The Bertz CT molecular complexity index is 478. The Labute approximate surface area is 116 Å². The number of ether oxygens (including phenoxy) is 1. The molecule has 0 unspecified atom stereocenters. The molecule has 0 saturated carbocycles. The van der Waals surface area contributed by atoms with Crippen molar-refractivity contribution >= 4 is 18.0 Å². The summed E-state index contributed by atoms with van der Waals surface area (Å²) in [5, 5.41) is 11.4. The topological polar surface area (TPSA) is 119 Å². The summed E-state index contributed by atoms with van der Waals surface area (Å²) in [7, 11) is 0. The monoisotopic (exact) mass is 284 g/mol. The first-order valence-electron chi connectivity index (χ1n) is 6.18. The highest BCUT2D eigenvalue weighted by Gasteiger charge is 2.23. The third-order valence-corrected chi connectivity index (χ3v) is 2.40. The van der Waals surface area contributed by atoms with Gasteiger partial charge in [-0.2, -0.15) is 0 Å². The number of carbonyl (C=O) groups is 2. The summed E-state index contributed by atoms with van der Waals surface area (Å²) in [6.07, 6.45) is 2.58. The molecule has 8 heteroatoms. The summed E-state index contributed by atoms with van der Waals surface area (Å²) >= 11 is 0. The molecule has 1 aromatic rings. The lowest BCUT2D eigenvalue weighted by Gasteiger charge is -2.22. The summed E-state index contributed by atoms with van der Waals surface area (Å²) in [5.41, 5.74) is 4.90. The summed E-state index contributed by atoms with van der Waals surface area (Å²) in [6.45, 7) is 5.44. The molecule has 0 radical (unpaired) electrons. The first-order valence-corrected chi connectivity index (χ1v) is 6.18. The molecule has 1 rings (SSSR count). The maximum Gasteiger partial charge on any atom is 0.408 e. The van der Waals surface area contributed by atoms with Crippen LogP contribution in [0.5, 0.6) is 0 Å². The zero-order chi connectivity index (χ0) is 15.3. The van der Waals surface area contributed by atoms with Gasteiger partial charge in [-0.05, 0) is 27.2 Å². The van der Waals surface area contributed by atoms with Gasteiger partial charge in [0.15, 0.2) is 5.95 Å². The predicted octanol–water partition coefficient (Wildman–Crippen LogP) is 0.833. The smallest absolute Gasteiger partial charge is 0.408 e. The molecule has 1 atom stereocenters. The van der Waals surface area contributed by atoms with Crippen molar-refractivity contribution in [3.05, 3.63) is 12.4 Å². The Kier molecular flexibility index (Phi) is 4.95. The van der Waals surface area contributed by atoms with Crippen LogP contribution in [0.2, 0.25) is 0 Å². The van der Waals surface area contributed by atoms with Crippen LogP contribution in [0, 0.1) is 0 Å². The van der Waals surface area contributed by atoms with Gasteiger partial charge in [0.2, 0.25) is 0 Å². The van der Waals surface area contributed by atoms with E-state index in [2.05, 4.69) is 10.3 Å².